The summed E-state index contributed by atoms with van der Waals surface area (Å²) in [4.78, 5) is 0. The molecule has 1 aromatic carbocycles. The van der Waals surface area contributed by atoms with E-state index in [-0.39, 0.29) is 22.4 Å². The largest absolute Gasteiger partial charge is 1.00 e. The molecule has 17 heavy (non-hydrogen) atoms. The fourth-order valence-electron chi connectivity index (χ4n) is 2.55. The molecule has 0 spiro atoms. The minimum absolute atomic E-state index is 0. The number of halogens is 1. The molecular weight excluding hydrogens is 274 g/mol. The zero-order chi connectivity index (χ0) is 11.8. The standard InChI is InChI=1S/C15H22N.BrH/c1-5-6-11-16-12(2)15(3,4)13-9-7-8-10-14(13)16;/h7-10H,5-6,11H2,1-4H3;1H/q+1;/p-1. The zero-order valence-corrected chi connectivity index (χ0v) is 12.8. The maximum atomic E-state index is 2.50. The fourth-order valence-corrected chi connectivity index (χ4v) is 2.55. The normalized spacial score (nSPS) is 16.7. The van der Waals surface area contributed by atoms with Crippen molar-refractivity contribution in [2.75, 3.05) is 6.54 Å². The summed E-state index contributed by atoms with van der Waals surface area (Å²) < 4.78 is 2.50. The van der Waals surface area contributed by atoms with Gasteiger partial charge in [-0.05, 0) is 13.8 Å². The molecule has 0 atom stereocenters. The third-order valence-corrected chi connectivity index (χ3v) is 3.91. The lowest BCUT2D eigenvalue weighted by molar-refractivity contribution is -0.439. The van der Waals surface area contributed by atoms with Gasteiger partial charge in [0.05, 0.1) is 5.41 Å². The van der Waals surface area contributed by atoms with Crippen molar-refractivity contribution >= 4 is 11.4 Å². The second-order valence-corrected chi connectivity index (χ2v) is 5.23. The predicted molar refractivity (Wildman–Crippen MR) is 69.8 cm³/mol. The Labute approximate surface area is 115 Å². The molecule has 0 unspecified atom stereocenters. The zero-order valence-electron chi connectivity index (χ0n) is 11.3. The summed E-state index contributed by atoms with van der Waals surface area (Å²) in [5.74, 6) is 0. The predicted octanol–water partition coefficient (Wildman–Crippen LogP) is 0.887. The number of hydrogen-bond donors (Lipinski definition) is 0. The van der Waals surface area contributed by atoms with Crippen LogP contribution in [0.25, 0.3) is 0 Å². The van der Waals surface area contributed by atoms with Gasteiger partial charge in [-0.1, -0.05) is 31.5 Å². The van der Waals surface area contributed by atoms with Crippen LogP contribution in [0.15, 0.2) is 24.3 Å². The highest BCUT2D eigenvalue weighted by atomic mass is 79.9. The van der Waals surface area contributed by atoms with Gasteiger partial charge in [-0.15, -0.1) is 0 Å². The van der Waals surface area contributed by atoms with Crippen LogP contribution in [0, 0.1) is 0 Å². The Morgan fingerprint density at radius 3 is 2.47 bits per heavy atom. The first-order valence-electron chi connectivity index (χ1n) is 6.30. The summed E-state index contributed by atoms with van der Waals surface area (Å²) in [6, 6.07) is 8.82. The van der Waals surface area contributed by atoms with Gasteiger partial charge in [-0.2, -0.15) is 4.58 Å². The molecule has 0 bridgehead atoms. The lowest BCUT2D eigenvalue weighted by Gasteiger charge is -2.14. The summed E-state index contributed by atoms with van der Waals surface area (Å²) in [6.45, 7) is 10.3. The monoisotopic (exact) mass is 295 g/mol. The molecule has 1 heterocycles. The van der Waals surface area contributed by atoms with Crippen LogP contribution in [0.1, 0.15) is 46.1 Å². The number of hydrogen-bond acceptors (Lipinski definition) is 0. The van der Waals surface area contributed by atoms with Crippen molar-refractivity contribution in [2.45, 2.75) is 46.0 Å². The second-order valence-electron chi connectivity index (χ2n) is 5.23. The van der Waals surface area contributed by atoms with Gasteiger partial charge < -0.3 is 17.0 Å². The third-order valence-electron chi connectivity index (χ3n) is 3.91. The fraction of sp³-hybridized carbons (Fsp3) is 0.533. The summed E-state index contributed by atoms with van der Waals surface area (Å²) in [5, 5.41) is 0. The van der Waals surface area contributed by atoms with Gasteiger partial charge in [0, 0.05) is 25.0 Å². The molecule has 0 aliphatic carbocycles. The molecule has 2 heteroatoms. The Morgan fingerprint density at radius 1 is 1.18 bits per heavy atom. The minimum Gasteiger partial charge on any atom is -1.00 e. The Kier molecular flexibility index (Phi) is 4.54. The van der Waals surface area contributed by atoms with E-state index in [0.29, 0.717) is 0 Å². The van der Waals surface area contributed by atoms with E-state index >= 15 is 0 Å². The summed E-state index contributed by atoms with van der Waals surface area (Å²) in [6.07, 6.45) is 2.52. The maximum Gasteiger partial charge on any atom is 0.209 e. The molecule has 0 radical (unpaired) electrons. The summed E-state index contributed by atoms with van der Waals surface area (Å²) in [7, 11) is 0. The quantitative estimate of drug-likeness (QED) is 0.729. The van der Waals surface area contributed by atoms with Crippen molar-refractivity contribution in [3.05, 3.63) is 29.8 Å². The van der Waals surface area contributed by atoms with E-state index in [1.54, 1.807) is 0 Å². The van der Waals surface area contributed by atoms with Gasteiger partial charge in [-0.25, -0.2) is 0 Å². The van der Waals surface area contributed by atoms with Crippen molar-refractivity contribution in [2.24, 2.45) is 0 Å². The number of para-hydroxylation sites is 1. The van der Waals surface area contributed by atoms with Gasteiger partial charge in [0.25, 0.3) is 0 Å². The molecule has 0 fully saturated rings. The van der Waals surface area contributed by atoms with Crippen LogP contribution in [-0.2, 0) is 5.41 Å². The van der Waals surface area contributed by atoms with Crippen molar-refractivity contribution in [3.63, 3.8) is 0 Å². The van der Waals surface area contributed by atoms with Crippen LogP contribution in [-0.4, -0.2) is 16.8 Å². The Hall–Kier alpha value is -0.630. The summed E-state index contributed by atoms with van der Waals surface area (Å²) in [5.41, 5.74) is 4.58. The smallest absolute Gasteiger partial charge is 0.209 e. The van der Waals surface area contributed by atoms with Gasteiger partial charge >= 0.3 is 0 Å². The number of benzene rings is 1. The van der Waals surface area contributed by atoms with Crippen LogP contribution < -0.4 is 17.0 Å². The van der Waals surface area contributed by atoms with Crippen LogP contribution in [0.2, 0.25) is 0 Å². The third kappa shape index (κ3) is 2.33. The average Bonchev–Trinajstić information content (AvgIpc) is 2.47. The molecule has 0 N–H and O–H groups in total. The SMILES string of the molecule is CCCC[N+]1=C(C)C(C)(C)c2ccccc21.[Br-]. The van der Waals surface area contributed by atoms with Crippen molar-refractivity contribution in [1.29, 1.82) is 0 Å². The van der Waals surface area contributed by atoms with E-state index < -0.39 is 0 Å². The molecule has 0 saturated carbocycles. The van der Waals surface area contributed by atoms with E-state index in [9.17, 15) is 0 Å². The van der Waals surface area contributed by atoms with Crippen LogP contribution in [0.5, 0.6) is 0 Å². The van der Waals surface area contributed by atoms with Crippen molar-refractivity contribution < 1.29 is 21.6 Å². The minimum atomic E-state index is 0. The number of rotatable bonds is 3. The molecule has 1 aliphatic rings. The maximum absolute atomic E-state index is 2.50. The molecule has 0 saturated heterocycles. The highest BCUT2D eigenvalue weighted by molar-refractivity contribution is 5.93. The van der Waals surface area contributed by atoms with Crippen LogP contribution in [0.4, 0.5) is 5.69 Å². The van der Waals surface area contributed by atoms with Crippen molar-refractivity contribution in [1.82, 2.24) is 0 Å². The number of unbranched alkanes of at least 4 members (excludes halogenated alkanes) is 1. The Bertz CT molecular complexity index is 432. The molecule has 2 rings (SSSR count). The first-order valence-corrected chi connectivity index (χ1v) is 6.30. The van der Waals surface area contributed by atoms with Gasteiger partial charge in [-0.3, -0.25) is 0 Å². The van der Waals surface area contributed by atoms with E-state index in [4.69, 9.17) is 0 Å². The lowest BCUT2D eigenvalue weighted by atomic mass is 9.82. The number of nitrogens with zero attached hydrogens (tertiary/aromatic N) is 1. The molecule has 94 valence electrons. The highest BCUT2D eigenvalue weighted by Crippen LogP contribution is 2.39. The average molecular weight is 296 g/mol. The molecular formula is C15H22BrN. The van der Waals surface area contributed by atoms with Gasteiger partial charge in [0.15, 0.2) is 5.71 Å². The van der Waals surface area contributed by atoms with E-state index in [1.165, 1.54) is 29.8 Å². The molecule has 0 aromatic heterocycles. The highest BCUT2D eigenvalue weighted by Gasteiger charge is 2.42. The van der Waals surface area contributed by atoms with Crippen molar-refractivity contribution in [3.8, 4) is 0 Å². The van der Waals surface area contributed by atoms with E-state index in [0.717, 1.165) is 6.54 Å². The van der Waals surface area contributed by atoms with Gasteiger partial charge in [0.2, 0.25) is 5.69 Å². The Balaban J connectivity index is 0.00000144. The lowest BCUT2D eigenvalue weighted by Crippen LogP contribution is -3.00. The topological polar surface area (TPSA) is 3.01 Å². The Morgan fingerprint density at radius 2 is 1.82 bits per heavy atom. The molecule has 1 aliphatic heterocycles. The van der Waals surface area contributed by atoms with Crippen LogP contribution >= 0.6 is 0 Å². The van der Waals surface area contributed by atoms with Crippen LogP contribution in [0.3, 0.4) is 0 Å². The molecule has 0 amide bonds. The number of fused-ring (bicyclic) bond motifs is 1. The van der Waals surface area contributed by atoms with E-state index in [2.05, 4.69) is 56.5 Å². The van der Waals surface area contributed by atoms with Gasteiger partial charge in [0.1, 0.15) is 6.54 Å². The first kappa shape index (κ1) is 14.4. The molecule has 1 nitrogen and oxygen atoms in total. The summed E-state index contributed by atoms with van der Waals surface area (Å²) >= 11 is 0. The first-order chi connectivity index (χ1) is 7.59. The molecule has 1 aromatic rings. The van der Waals surface area contributed by atoms with E-state index in [1.807, 2.05) is 0 Å². The second kappa shape index (κ2) is 5.34.